The van der Waals surface area contributed by atoms with Gasteiger partial charge in [0.05, 0.1) is 11.3 Å². The van der Waals surface area contributed by atoms with Crippen LogP contribution in [0.2, 0.25) is 5.02 Å². The summed E-state index contributed by atoms with van der Waals surface area (Å²) in [6, 6.07) is 6.24. The number of nitrogens with two attached hydrogens (primary N) is 1. The largest absolute Gasteiger partial charge is 0.389 e. The summed E-state index contributed by atoms with van der Waals surface area (Å²) >= 11 is 10.8. The van der Waals surface area contributed by atoms with E-state index in [1.807, 2.05) is 19.9 Å². The van der Waals surface area contributed by atoms with Gasteiger partial charge in [0.1, 0.15) is 16.6 Å². The molecule has 0 fully saturated rings. The minimum Gasteiger partial charge on any atom is -0.389 e. The Balaban J connectivity index is 2.50. The summed E-state index contributed by atoms with van der Waals surface area (Å²) in [7, 11) is 0. The molecule has 0 aliphatic carbocycles. The molecule has 0 saturated heterocycles. The van der Waals surface area contributed by atoms with Crippen LogP contribution in [0.1, 0.15) is 16.8 Å². The van der Waals surface area contributed by atoms with E-state index in [1.165, 1.54) is 6.07 Å². The number of pyridine rings is 1. The van der Waals surface area contributed by atoms with Crippen LogP contribution in [0, 0.1) is 19.7 Å². The molecule has 2 rings (SSSR count). The van der Waals surface area contributed by atoms with Gasteiger partial charge in [-0.05, 0) is 43.7 Å². The lowest BCUT2D eigenvalue weighted by atomic mass is 10.1. The van der Waals surface area contributed by atoms with E-state index < -0.39 is 5.82 Å². The molecular weight excluding hydrogens is 297 g/mol. The molecule has 2 aromatic rings. The predicted octanol–water partition coefficient (Wildman–Crippen LogP) is 3.87. The van der Waals surface area contributed by atoms with Crippen LogP contribution in [0.15, 0.2) is 24.3 Å². The van der Waals surface area contributed by atoms with Crippen molar-refractivity contribution in [2.24, 2.45) is 5.73 Å². The number of benzene rings is 1. The summed E-state index contributed by atoms with van der Waals surface area (Å²) in [5.41, 5.74) is 8.28. The van der Waals surface area contributed by atoms with Crippen molar-refractivity contribution in [2.45, 2.75) is 13.8 Å². The lowest BCUT2D eigenvalue weighted by Crippen LogP contribution is -2.15. The summed E-state index contributed by atoms with van der Waals surface area (Å²) in [6.45, 7) is 3.73. The van der Waals surface area contributed by atoms with Crippen LogP contribution in [0.5, 0.6) is 0 Å². The minimum atomic E-state index is -0.465. The average molecular weight is 310 g/mol. The van der Waals surface area contributed by atoms with Gasteiger partial charge in [0.15, 0.2) is 0 Å². The molecule has 0 radical (unpaired) electrons. The van der Waals surface area contributed by atoms with E-state index in [4.69, 9.17) is 29.6 Å². The van der Waals surface area contributed by atoms with Gasteiger partial charge in [0.2, 0.25) is 0 Å². The van der Waals surface area contributed by atoms with Gasteiger partial charge in [0.25, 0.3) is 0 Å². The second kappa shape index (κ2) is 5.73. The summed E-state index contributed by atoms with van der Waals surface area (Å²) in [5.74, 6) is -0.0245. The number of nitrogens with zero attached hydrogens (tertiary/aromatic N) is 1. The SMILES string of the molecule is Cc1cc(C)c(C(N)=S)c(Nc2ccc(Cl)cc2F)n1. The van der Waals surface area contributed by atoms with E-state index in [0.29, 0.717) is 16.4 Å². The van der Waals surface area contributed by atoms with Crippen molar-refractivity contribution in [2.75, 3.05) is 5.32 Å². The fourth-order valence-corrected chi connectivity index (χ4v) is 2.37. The normalized spacial score (nSPS) is 10.4. The molecule has 0 saturated carbocycles. The Bertz CT molecular complexity index is 688. The first-order valence-corrected chi connectivity index (χ1v) is 6.67. The van der Waals surface area contributed by atoms with E-state index in [-0.39, 0.29) is 10.7 Å². The molecule has 0 aliphatic heterocycles. The molecule has 104 valence electrons. The second-order valence-corrected chi connectivity index (χ2v) is 5.29. The fraction of sp³-hybridized carbons (Fsp3) is 0.143. The van der Waals surface area contributed by atoms with Crippen molar-refractivity contribution < 1.29 is 4.39 Å². The third-order valence-corrected chi connectivity index (χ3v) is 3.21. The molecule has 1 aromatic heterocycles. The smallest absolute Gasteiger partial charge is 0.148 e. The highest BCUT2D eigenvalue weighted by atomic mass is 35.5. The first kappa shape index (κ1) is 14.7. The first-order chi connectivity index (χ1) is 9.38. The molecule has 3 nitrogen and oxygen atoms in total. The van der Waals surface area contributed by atoms with Crippen molar-refractivity contribution in [3.63, 3.8) is 0 Å². The van der Waals surface area contributed by atoms with Crippen molar-refractivity contribution in [1.29, 1.82) is 0 Å². The van der Waals surface area contributed by atoms with Crippen LogP contribution < -0.4 is 11.1 Å². The van der Waals surface area contributed by atoms with E-state index >= 15 is 0 Å². The molecule has 0 aliphatic rings. The maximum Gasteiger partial charge on any atom is 0.148 e. The Morgan fingerprint density at radius 1 is 1.35 bits per heavy atom. The van der Waals surface area contributed by atoms with Crippen LogP contribution in [0.3, 0.4) is 0 Å². The molecule has 0 atom stereocenters. The zero-order valence-electron chi connectivity index (χ0n) is 11.0. The zero-order chi connectivity index (χ0) is 14.9. The van der Waals surface area contributed by atoms with Gasteiger partial charge in [-0.2, -0.15) is 0 Å². The maximum absolute atomic E-state index is 13.8. The lowest BCUT2D eigenvalue weighted by molar-refractivity contribution is 0.632. The molecule has 0 bridgehead atoms. The van der Waals surface area contributed by atoms with Gasteiger partial charge >= 0.3 is 0 Å². The van der Waals surface area contributed by atoms with Crippen LogP contribution in [0.4, 0.5) is 15.9 Å². The number of hydrogen-bond donors (Lipinski definition) is 2. The van der Waals surface area contributed by atoms with Crippen LogP contribution in [-0.2, 0) is 0 Å². The second-order valence-electron chi connectivity index (χ2n) is 4.42. The highest BCUT2D eigenvalue weighted by molar-refractivity contribution is 7.80. The Labute approximate surface area is 127 Å². The van der Waals surface area contributed by atoms with Gasteiger partial charge in [-0.15, -0.1) is 0 Å². The zero-order valence-corrected chi connectivity index (χ0v) is 12.6. The Morgan fingerprint density at radius 2 is 2.05 bits per heavy atom. The predicted molar refractivity (Wildman–Crippen MR) is 84.3 cm³/mol. The number of aryl methyl sites for hydroxylation is 2. The molecule has 1 aromatic carbocycles. The summed E-state index contributed by atoms with van der Waals surface area (Å²) in [6.07, 6.45) is 0. The molecule has 0 amide bonds. The van der Waals surface area contributed by atoms with Gasteiger partial charge in [-0.1, -0.05) is 23.8 Å². The van der Waals surface area contributed by atoms with E-state index in [2.05, 4.69) is 10.3 Å². The van der Waals surface area contributed by atoms with Gasteiger partial charge in [-0.25, -0.2) is 9.37 Å². The monoisotopic (exact) mass is 309 g/mol. The van der Waals surface area contributed by atoms with Gasteiger partial charge in [0, 0.05) is 10.7 Å². The molecule has 0 spiro atoms. The quantitative estimate of drug-likeness (QED) is 0.845. The van der Waals surface area contributed by atoms with Crippen LogP contribution in [0.25, 0.3) is 0 Å². The van der Waals surface area contributed by atoms with Gasteiger partial charge < -0.3 is 11.1 Å². The lowest BCUT2D eigenvalue weighted by Gasteiger charge is -2.14. The summed E-state index contributed by atoms with van der Waals surface area (Å²) < 4.78 is 13.8. The Morgan fingerprint density at radius 3 is 2.65 bits per heavy atom. The number of aromatic nitrogens is 1. The first-order valence-electron chi connectivity index (χ1n) is 5.88. The van der Waals surface area contributed by atoms with Crippen molar-refractivity contribution in [3.05, 3.63) is 51.9 Å². The number of anilines is 2. The molecule has 6 heteroatoms. The molecule has 3 N–H and O–H groups in total. The Kier molecular flexibility index (Phi) is 4.20. The van der Waals surface area contributed by atoms with Crippen LogP contribution in [-0.4, -0.2) is 9.97 Å². The maximum atomic E-state index is 13.8. The van der Waals surface area contributed by atoms with Crippen molar-refractivity contribution in [3.8, 4) is 0 Å². The number of thiocarbonyl (C=S) groups is 1. The van der Waals surface area contributed by atoms with Crippen LogP contribution >= 0.6 is 23.8 Å². The Hall–Kier alpha value is -1.72. The van der Waals surface area contributed by atoms with Crippen molar-refractivity contribution >= 4 is 40.3 Å². The highest BCUT2D eigenvalue weighted by Gasteiger charge is 2.13. The topological polar surface area (TPSA) is 50.9 Å². The number of nitrogens with one attached hydrogen (secondary N) is 1. The number of halogens is 2. The number of rotatable bonds is 3. The van der Waals surface area contributed by atoms with E-state index in [9.17, 15) is 4.39 Å². The molecular formula is C14H13ClFN3S. The fourth-order valence-electron chi connectivity index (χ4n) is 1.96. The third kappa shape index (κ3) is 3.05. The highest BCUT2D eigenvalue weighted by Crippen LogP contribution is 2.26. The third-order valence-electron chi connectivity index (χ3n) is 2.78. The minimum absolute atomic E-state index is 0.215. The van der Waals surface area contributed by atoms with Gasteiger partial charge in [-0.3, -0.25) is 0 Å². The average Bonchev–Trinajstić information content (AvgIpc) is 2.31. The van der Waals surface area contributed by atoms with E-state index in [1.54, 1.807) is 12.1 Å². The standard InChI is InChI=1S/C14H13ClFN3S/c1-7-5-8(2)18-14(12(7)13(17)20)19-11-4-3-9(15)6-10(11)16/h3-6H,1-2H3,(H2,17,20)(H,18,19). The van der Waals surface area contributed by atoms with Crippen molar-refractivity contribution in [1.82, 2.24) is 4.98 Å². The summed E-state index contributed by atoms with van der Waals surface area (Å²) in [5, 5.41) is 3.25. The van der Waals surface area contributed by atoms with E-state index in [0.717, 1.165) is 11.3 Å². The molecule has 0 unspecified atom stereocenters. The molecule has 1 heterocycles. The number of hydrogen-bond acceptors (Lipinski definition) is 3. The molecule has 20 heavy (non-hydrogen) atoms. The summed E-state index contributed by atoms with van der Waals surface area (Å²) in [4.78, 5) is 4.55.